The third-order valence-electron chi connectivity index (χ3n) is 5.37. The molecule has 37 heavy (non-hydrogen) atoms. The average molecular weight is 564 g/mol. The molecule has 0 aliphatic carbocycles. The van der Waals surface area contributed by atoms with Gasteiger partial charge in [-0.2, -0.15) is 15.3 Å². The number of aromatic nitrogens is 1. The van der Waals surface area contributed by atoms with Crippen LogP contribution in [-0.2, 0) is 6.42 Å². The summed E-state index contributed by atoms with van der Waals surface area (Å²) in [5.41, 5.74) is 3.25. The van der Waals surface area contributed by atoms with Crippen LogP contribution in [0.3, 0.4) is 0 Å². The van der Waals surface area contributed by atoms with Gasteiger partial charge in [0.1, 0.15) is 39.8 Å². The molecule has 0 fully saturated rings. The lowest BCUT2D eigenvalue weighted by Gasteiger charge is -2.14. The number of rotatable bonds is 11. The molecule has 2 heterocycles. The highest BCUT2D eigenvalue weighted by atomic mass is 35.5. The van der Waals surface area contributed by atoms with Gasteiger partial charge in [-0.1, -0.05) is 40.0 Å². The molecule has 0 N–H and O–H groups in total. The van der Waals surface area contributed by atoms with Gasteiger partial charge in [0.15, 0.2) is 0 Å². The smallest absolute Gasteiger partial charge is 0.147 e. The summed E-state index contributed by atoms with van der Waals surface area (Å²) < 4.78 is 22.7. The fraction of sp³-hybridized carbons (Fsp3) is 0.269. The average Bonchev–Trinajstić information content (AvgIpc) is 3.35. The van der Waals surface area contributed by atoms with Crippen LogP contribution in [0.1, 0.15) is 24.2 Å². The maximum Gasteiger partial charge on any atom is 0.147 e. The van der Waals surface area contributed by atoms with Crippen LogP contribution in [0.15, 0.2) is 67.8 Å². The first kappa shape index (κ1) is 26.9. The van der Waals surface area contributed by atoms with E-state index in [1.165, 1.54) is 6.08 Å². The Morgan fingerprint density at radius 2 is 1.92 bits per heavy atom. The normalized spacial score (nSPS) is 12.8. The molecule has 2 aromatic carbocycles. The van der Waals surface area contributed by atoms with E-state index in [2.05, 4.69) is 15.4 Å². The fourth-order valence-corrected chi connectivity index (χ4v) is 4.06. The zero-order valence-corrected chi connectivity index (χ0v) is 22.6. The summed E-state index contributed by atoms with van der Waals surface area (Å²) in [6.07, 6.45) is 5.48. The summed E-state index contributed by atoms with van der Waals surface area (Å²) in [4.78, 5) is 0. The molecule has 0 atom stereocenters. The quantitative estimate of drug-likeness (QED) is 0.240. The van der Waals surface area contributed by atoms with E-state index >= 15 is 0 Å². The first-order chi connectivity index (χ1) is 17.9. The van der Waals surface area contributed by atoms with Crippen LogP contribution in [-0.4, -0.2) is 49.6 Å². The number of methoxy groups -OCH3 is 1. The van der Waals surface area contributed by atoms with Crippen molar-refractivity contribution in [2.45, 2.75) is 19.3 Å². The SMILES string of the molecule is COc1c(Cl)cc(OCC=C(Cl)Cl)cc1-c1cc(CCCOc2ccc(C3=NN(C)N=CC3)cc2)on1. The van der Waals surface area contributed by atoms with Crippen LogP contribution >= 0.6 is 34.8 Å². The molecule has 4 rings (SSSR count). The Morgan fingerprint density at radius 3 is 2.65 bits per heavy atom. The van der Waals surface area contributed by atoms with Crippen LogP contribution in [0.5, 0.6) is 17.2 Å². The van der Waals surface area contributed by atoms with Gasteiger partial charge in [-0.15, -0.1) is 0 Å². The number of nitrogens with zero attached hydrogens (tertiary/aromatic N) is 4. The number of ether oxygens (including phenoxy) is 3. The predicted molar refractivity (Wildman–Crippen MR) is 146 cm³/mol. The van der Waals surface area contributed by atoms with Gasteiger partial charge >= 0.3 is 0 Å². The zero-order chi connectivity index (χ0) is 26.2. The van der Waals surface area contributed by atoms with Gasteiger partial charge in [0.05, 0.1) is 30.0 Å². The van der Waals surface area contributed by atoms with Crippen molar-refractivity contribution in [2.24, 2.45) is 10.2 Å². The molecule has 1 aliphatic rings. The topological polar surface area (TPSA) is 81.7 Å². The second-order valence-corrected chi connectivity index (χ2v) is 9.40. The molecule has 8 nitrogen and oxygen atoms in total. The Hall–Kier alpha value is -3.20. The summed E-state index contributed by atoms with van der Waals surface area (Å²) >= 11 is 17.7. The molecule has 1 aliphatic heterocycles. The van der Waals surface area contributed by atoms with Crippen molar-refractivity contribution in [1.82, 2.24) is 10.3 Å². The third kappa shape index (κ3) is 7.41. The lowest BCUT2D eigenvalue weighted by Crippen LogP contribution is -2.15. The van der Waals surface area contributed by atoms with Gasteiger partial charge in [-0.05, 0) is 48.4 Å². The summed E-state index contributed by atoms with van der Waals surface area (Å²) in [6.45, 7) is 0.721. The minimum atomic E-state index is 0.125. The zero-order valence-electron chi connectivity index (χ0n) is 20.3. The van der Waals surface area contributed by atoms with Gasteiger partial charge in [0, 0.05) is 38.2 Å². The Morgan fingerprint density at radius 1 is 1.11 bits per heavy atom. The first-order valence-electron chi connectivity index (χ1n) is 11.5. The second-order valence-electron chi connectivity index (χ2n) is 7.98. The van der Waals surface area contributed by atoms with Gasteiger partial charge in [0.2, 0.25) is 0 Å². The summed E-state index contributed by atoms with van der Waals surface area (Å²) in [5.74, 6) is 2.51. The fourth-order valence-electron chi connectivity index (χ4n) is 3.65. The minimum Gasteiger partial charge on any atom is -0.494 e. The molecule has 0 amide bonds. The highest BCUT2D eigenvalue weighted by Crippen LogP contribution is 2.39. The van der Waals surface area contributed by atoms with Gasteiger partial charge < -0.3 is 18.7 Å². The van der Waals surface area contributed by atoms with Crippen molar-refractivity contribution in [3.8, 4) is 28.5 Å². The lowest BCUT2D eigenvalue weighted by molar-refractivity contribution is 0.300. The van der Waals surface area contributed by atoms with Crippen molar-refractivity contribution >= 4 is 46.7 Å². The molecule has 194 valence electrons. The Labute approximate surface area is 230 Å². The highest BCUT2D eigenvalue weighted by molar-refractivity contribution is 6.55. The van der Waals surface area contributed by atoms with Crippen LogP contribution < -0.4 is 14.2 Å². The molecule has 0 spiro atoms. The van der Waals surface area contributed by atoms with E-state index in [0.717, 1.165) is 29.2 Å². The van der Waals surface area contributed by atoms with Crippen molar-refractivity contribution in [3.05, 3.63) is 69.4 Å². The maximum absolute atomic E-state index is 6.39. The van der Waals surface area contributed by atoms with E-state index < -0.39 is 0 Å². The van der Waals surface area contributed by atoms with Crippen LogP contribution in [0, 0.1) is 0 Å². The summed E-state index contributed by atoms with van der Waals surface area (Å²) in [7, 11) is 3.35. The molecule has 0 unspecified atom stereocenters. The number of hydrogen-bond donors (Lipinski definition) is 0. The number of benzene rings is 2. The Kier molecular flexibility index (Phi) is 9.33. The molecular weight excluding hydrogens is 539 g/mol. The third-order valence-corrected chi connectivity index (χ3v) is 5.96. The number of halogens is 3. The Bertz CT molecular complexity index is 1300. The largest absolute Gasteiger partial charge is 0.494 e. The predicted octanol–water partition coefficient (Wildman–Crippen LogP) is 6.74. The molecule has 3 aromatic rings. The standard InChI is InChI=1S/C26H25Cl3N4O4/c1-33-30-11-9-23(31-33)17-5-7-18(8-6-17)35-12-3-4-19-16-24(32-37-19)21-14-20(36-13-10-25(28)29)15-22(27)26(21)34-2/h5-8,10-11,14-16H,3-4,9,12-13H2,1-2H3. The van der Waals surface area contributed by atoms with E-state index in [4.69, 9.17) is 53.5 Å². The Balaban J connectivity index is 1.33. The molecular formula is C26H25Cl3N4O4. The van der Waals surface area contributed by atoms with Crippen molar-refractivity contribution in [1.29, 1.82) is 0 Å². The van der Waals surface area contributed by atoms with E-state index in [9.17, 15) is 0 Å². The molecule has 0 saturated carbocycles. The summed E-state index contributed by atoms with van der Waals surface area (Å²) in [6, 6.07) is 13.2. The number of hydrazone groups is 2. The summed E-state index contributed by atoms with van der Waals surface area (Å²) in [5, 5.41) is 14.7. The van der Waals surface area contributed by atoms with Gasteiger partial charge in [-0.3, -0.25) is 0 Å². The van der Waals surface area contributed by atoms with Crippen molar-refractivity contribution in [3.63, 3.8) is 0 Å². The maximum atomic E-state index is 6.39. The van der Waals surface area contributed by atoms with Crippen LogP contribution in [0.2, 0.25) is 5.02 Å². The molecule has 0 bridgehead atoms. The van der Waals surface area contributed by atoms with E-state index in [1.807, 2.05) is 36.5 Å². The van der Waals surface area contributed by atoms with Crippen LogP contribution in [0.4, 0.5) is 0 Å². The van der Waals surface area contributed by atoms with Gasteiger partial charge in [0.25, 0.3) is 0 Å². The molecule has 0 saturated heterocycles. The lowest BCUT2D eigenvalue weighted by atomic mass is 10.1. The molecule has 1 aromatic heterocycles. The van der Waals surface area contributed by atoms with Gasteiger partial charge in [-0.25, -0.2) is 0 Å². The van der Waals surface area contributed by atoms with Crippen LogP contribution in [0.25, 0.3) is 11.3 Å². The molecule has 0 radical (unpaired) electrons. The van der Waals surface area contributed by atoms with Crippen molar-refractivity contribution < 1.29 is 18.7 Å². The monoisotopic (exact) mass is 562 g/mol. The number of aryl methyl sites for hydroxylation is 1. The molecule has 11 heteroatoms. The van der Waals surface area contributed by atoms with E-state index in [-0.39, 0.29) is 11.1 Å². The first-order valence-corrected chi connectivity index (χ1v) is 12.6. The van der Waals surface area contributed by atoms with E-state index in [0.29, 0.717) is 47.2 Å². The second kappa shape index (κ2) is 12.9. The minimum absolute atomic E-state index is 0.125. The van der Waals surface area contributed by atoms with E-state index in [1.54, 1.807) is 31.4 Å². The number of hydrogen-bond acceptors (Lipinski definition) is 8. The van der Waals surface area contributed by atoms with Crippen molar-refractivity contribution in [2.75, 3.05) is 27.4 Å². The highest BCUT2D eigenvalue weighted by Gasteiger charge is 2.17.